The van der Waals surface area contributed by atoms with Crippen molar-refractivity contribution in [3.63, 3.8) is 0 Å². The lowest BCUT2D eigenvalue weighted by Gasteiger charge is -2.11. The van der Waals surface area contributed by atoms with E-state index >= 15 is 0 Å². The van der Waals surface area contributed by atoms with Crippen LogP contribution in [-0.2, 0) is 18.3 Å². The molecule has 25 heavy (non-hydrogen) atoms. The van der Waals surface area contributed by atoms with Gasteiger partial charge in [0.1, 0.15) is 0 Å². The van der Waals surface area contributed by atoms with Crippen LogP contribution in [0.1, 0.15) is 16.8 Å². The fourth-order valence-electron chi connectivity index (χ4n) is 3.13. The monoisotopic (exact) mass is 340 g/mol. The van der Waals surface area contributed by atoms with Crippen LogP contribution in [0.15, 0.2) is 29.2 Å². The normalized spacial score (nSPS) is 11.2. The molecular formula is C19H24N4O2. The molecule has 0 aliphatic carbocycles. The average Bonchev–Trinajstić information content (AvgIpc) is 2.84. The molecule has 6 heteroatoms. The molecule has 0 saturated carbocycles. The molecule has 0 radical (unpaired) electrons. The lowest BCUT2D eigenvalue weighted by atomic mass is 10.1. The van der Waals surface area contributed by atoms with Crippen molar-refractivity contribution >= 4 is 22.3 Å². The summed E-state index contributed by atoms with van der Waals surface area (Å²) >= 11 is 0. The predicted octanol–water partition coefficient (Wildman–Crippen LogP) is 3.05. The molecule has 0 aliphatic heterocycles. The molecule has 3 rings (SSSR count). The van der Waals surface area contributed by atoms with Crippen LogP contribution in [0.4, 0.5) is 11.4 Å². The minimum Gasteiger partial charge on any atom is -0.383 e. The SMILES string of the molecule is COCCn1c(C)c(C)c2cc(Nc3cnn(C)c(=O)c3C)ccc21. The molecule has 132 valence electrons. The smallest absolute Gasteiger partial charge is 0.271 e. The third kappa shape index (κ3) is 3.05. The minimum atomic E-state index is -0.0937. The summed E-state index contributed by atoms with van der Waals surface area (Å²) in [5, 5.41) is 8.61. The minimum absolute atomic E-state index is 0.0937. The van der Waals surface area contributed by atoms with E-state index in [0.717, 1.165) is 17.9 Å². The molecule has 0 bridgehead atoms. The van der Waals surface area contributed by atoms with Gasteiger partial charge in [-0.15, -0.1) is 0 Å². The highest BCUT2D eigenvalue weighted by Crippen LogP contribution is 2.29. The van der Waals surface area contributed by atoms with E-state index in [0.29, 0.717) is 12.2 Å². The van der Waals surface area contributed by atoms with Crippen LogP contribution in [0.25, 0.3) is 10.9 Å². The molecule has 1 N–H and O–H groups in total. The third-order valence-corrected chi connectivity index (χ3v) is 4.82. The van der Waals surface area contributed by atoms with E-state index in [1.165, 1.54) is 26.8 Å². The standard InChI is InChI=1S/C19H24N4O2/c1-12-14(3)23(8-9-25-5)18-7-6-15(10-16(12)18)21-17-11-20-22(4)19(24)13(17)2/h6-7,10-11,21H,8-9H2,1-5H3. The molecule has 0 fully saturated rings. The number of nitrogens with one attached hydrogen (secondary N) is 1. The highest BCUT2D eigenvalue weighted by atomic mass is 16.5. The zero-order valence-corrected chi connectivity index (χ0v) is 15.4. The first-order valence-corrected chi connectivity index (χ1v) is 8.32. The van der Waals surface area contributed by atoms with Gasteiger partial charge in [0.25, 0.3) is 5.56 Å². The summed E-state index contributed by atoms with van der Waals surface area (Å²) in [7, 11) is 3.37. The van der Waals surface area contributed by atoms with Gasteiger partial charge in [0.05, 0.1) is 18.5 Å². The summed E-state index contributed by atoms with van der Waals surface area (Å²) < 4.78 is 8.85. The Balaban J connectivity index is 2.01. The second-order valence-electron chi connectivity index (χ2n) is 6.32. The maximum atomic E-state index is 12.0. The molecule has 0 saturated heterocycles. The van der Waals surface area contributed by atoms with Crippen molar-refractivity contribution in [3.8, 4) is 0 Å². The Hall–Kier alpha value is -2.60. The number of methoxy groups -OCH3 is 1. The zero-order valence-electron chi connectivity index (χ0n) is 15.4. The Labute approximate surface area is 147 Å². The van der Waals surface area contributed by atoms with E-state index in [1.54, 1.807) is 20.4 Å². The second-order valence-corrected chi connectivity index (χ2v) is 6.32. The number of aromatic nitrogens is 3. The van der Waals surface area contributed by atoms with Crippen LogP contribution < -0.4 is 10.9 Å². The van der Waals surface area contributed by atoms with Gasteiger partial charge in [-0.05, 0) is 44.5 Å². The van der Waals surface area contributed by atoms with E-state index in [9.17, 15) is 4.79 Å². The summed E-state index contributed by atoms with van der Waals surface area (Å²) in [6, 6.07) is 6.26. The van der Waals surface area contributed by atoms with Crippen LogP contribution in [0.5, 0.6) is 0 Å². The first-order chi connectivity index (χ1) is 11.9. The number of nitrogens with zero attached hydrogens (tertiary/aromatic N) is 3. The molecule has 6 nitrogen and oxygen atoms in total. The van der Waals surface area contributed by atoms with Gasteiger partial charge >= 0.3 is 0 Å². The zero-order chi connectivity index (χ0) is 18.1. The van der Waals surface area contributed by atoms with E-state index in [4.69, 9.17) is 4.74 Å². The van der Waals surface area contributed by atoms with Crippen molar-refractivity contribution in [3.05, 3.63) is 51.6 Å². The summed E-state index contributed by atoms with van der Waals surface area (Å²) in [6.45, 7) is 7.59. The number of benzene rings is 1. The summed E-state index contributed by atoms with van der Waals surface area (Å²) in [5.41, 5.74) is 5.93. The Morgan fingerprint density at radius 3 is 2.68 bits per heavy atom. The second kappa shape index (κ2) is 6.72. The van der Waals surface area contributed by atoms with Crippen LogP contribution >= 0.6 is 0 Å². The molecule has 0 spiro atoms. The highest BCUT2D eigenvalue weighted by Gasteiger charge is 2.12. The van der Waals surface area contributed by atoms with Crippen LogP contribution in [0, 0.1) is 20.8 Å². The van der Waals surface area contributed by atoms with Crippen LogP contribution in [-0.4, -0.2) is 28.1 Å². The molecular weight excluding hydrogens is 316 g/mol. The average molecular weight is 340 g/mol. The molecule has 0 atom stereocenters. The van der Waals surface area contributed by atoms with Crippen molar-refractivity contribution in [2.24, 2.45) is 7.05 Å². The van der Waals surface area contributed by atoms with Crippen molar-refractivity contribution in [2.45, 2.75) is 27.3 Å². The van der Waals surface area contributed by atoms with E-state index in [2.05, 4.69) is 41.0 Å². The maximum Gasteiger partial charge on any atom is 0.271 e. The quantitative estimate of drug-likeness (QED) is 0.775. The maximum absolute atomic E-state index is 12.0. The van der Waals surface area contributed by atoms with Gasteiger partial charge in [0.15, 0.2) is 0 Å². The van der Waals surface area contributed by atoms with Gasteiger partial charge in [0, 0.05) is 48.5 Å². The van der Waals surface area contributed by atoms with Gasteiger partial charge < -0.3 is 14.6 Å². The Morgan fingerprint density at radius 1 is 1.20 bits per heavy atom. The summed E-state index contributed by atoms with van der Waals surface area (Å²) in [6.07, 6.45) is 1.68. The van der Waals surface area contributed by atoms with Crippen molar-refractivity contribution in [1.82, 2.24) is 14.3 Å². The van der Waals surface area contributed by atoms with Gasteiger partial charge in [-0.2, -0.15) is 5.10 Å². The summed E-state index contributed by atoms with van der Waals surface area (Å²) in [5.74, 6) is 0. The molecule has 3 aromatic rings. The predicted molar refractivity (Wildman–Crippen MR) is 101 cm³/mol. The number of fused-ring (bicyclic) bond motifs is 1. The Kier molecular flexibility index (Phi) is 4.63. The third-order valence-electron chi connectivity index (χ3n) is 4.82. The first kappa shape index (κ1) is 17.2. The molecule has 0 amide bonds. The van der Waals surface area contributed by atoms with E-state index in [1.807, 2.05) is 13.0 Å². The molecule has 2 aromatic heterocycles. The Morgan fingerprint density at radius 2 is 1.96 bits per heavy atom. The van der Waals surface area contributed by atoms with E-state index in [-0.39, 0.29) is 5.56 Å². The van der Waals surface area contributed by atoms with Gasteiger partial charge in [-0.3, -0.25) is 4.79 Å². The van der Waals surface area contributed by atoms with Gasteiger partial charge in [0.2, 0.25) is 0 Å². The van der Waals surface area contributed by atoms with Crippen LogP contribution in [0.2, 0.25) is 0 Å². The lowest BCUT2D eigenvalue weighted by molar-refractivity contribution is 0.188. The highest BCUT2D eigenvalue weighted by molar-refractivity contribution is 5.89. The topological polar surface area (TPSA) is 61.1 Å². The number of hydrogen-bond donors (Lipinski definition) is 1. The molecule has 0 unspecified atom stereocenters. The molecule has 2 heterocycles. The first-order valence-electron chi connectivity index (χ1n) is 8.32. The van der Waals surface area contributed by atoms with Gasteiger partial charge in [-0.1, -0.05) is 0 Å². The summed E-state index contributed by atoms with van der Waals surface area (Å²) in [4.78, 5) is 12.0. The number of aryl methyl sites for hydroxylation is 2. The number of hydrogen-bond acceptors (Lipinski definition) is 4. The van der Waals surface area contributed by atoms with Gasteiger partial charge in [-0.25, -0.2) is 4.68 Å². The fraction of sp³-hybridized carbons (Fsp3) is 0.368. The van der Waals surface area contributed by atoms with Crippen molar-refractivity contribution in [2.75, 3.05) is 19.0 Å². The number of anilines is 2. The number of rotatable bonds is 5. The molecule has 0 aliphatic rings. The van der Waals surface area contributed by atoms with Crippen molar-refractivity contribution < 1.29 is 4.74 Å². The number of ether oxygens (including phenoxy) is 1. The largest absolute Gasteiger partial charge is 0.383 e. The molecule has 1 aromatic carbocycles. The Bertz CT molecular complexity index is 985. The fourth-order valence-corrected chi connectivity index (χ4v) is 3.13. The van der Waals surface area contributed by atoms with Crippen LogP contribution in [0.3, 0.4) is 0 Å². The van der Waals surface area contributed by atoms with E-state index < -0.39 is 0 Å². The van der Waals surface area contributed by atoms with Crippen molar-refractivity contribution in [1.29, 1.82) is 0 Å². The lowest BCUT2D eigenvalue weighted by Crippen LogP contribution is -2.22.